The summed E-state index contributed by atoms with van der Waals surface area (Å²) in [6.45, 7) is 2.78. The lowest BCUT2D eigenvalue weighted by Gasteiger charge is -2.11. The summed E-state index contributed by atoms with van der Waals surface area (Å²) in [5.41, 5.74) is 4.14. The molecule has 0 aliphatic heterocycles. The van der Waals surface area contributed by atoms with E-state index >= 15 is 0 Å². The van der Waals surface area contributed by atoms with Gasteiger partial charge in [0.05, 0.1) is 12.8 Å². The van der Waals surface area contributed by atoms with Crippen molar-refractivity contribution < 1.29 is 9.53 Å². The van der Waals surface area contributed by atoms with E-state index in [2.05, 4.69) is 23.5 Å². The Morgan fingerprint density at radius 1 is 0.900 bits per heavy atom. The zero-order valence-corrected chi connectivity index (χ0v) is 17.0. The second-order valence-electron chi connectivity index (χ2n) is 7.13. The van der Waals surface area contributed by atoms with Crippen molar-refractivity contribution in [2.75, 3.05) is 6.61 Å². The Morgan fingerprint density at radius 3 is 2.40 bits per heavy atom. The van der Waals surface area contributed by atoms with E-state index in [1.807, 2.05) is 72.8 Å². The summed E-state index contributed by atoms with van der Waals surface area (Å²) in [4.78, 5) is 12.8. The number of fused-ring (bicyclic) bond motifs is 2. The molecule has 150 valence electrons. The molecular weight excluding hydrogens is 372 g/mol. The van der Waals surface area contributed by atoms with Gasteiger partial charge in [0.15, 0.2) is 0 Å². The van der Waals surface area contributed by atoms with Gasteiger partial charge in [-0.2, -0.15) is 5.10 Å². The molecule has 4 heteroatoms. The van der Waals surface area contributed by atoms with Gasteiger partial charge in [0.1, 0.15) is 5.75 Å². The lowest BCUT2D eigenvalue weighted by atomic mass is 10.0. The van der Waals surface area contributed by atoms with E-state index in [0.29, 0.717) is 12.2 Å². The van der Waals surface area contributed by atoms with Crippen LogP contribution in [0.2, 0.25) is 0 Å². The highest BCUT2D eigenvalue weighted by Crippen LogP contribution is 2.27. The minimum Gasteiger partial charge on any atom is -0.493 e. The van der Waals surface area contributed by atoms with Gasteiger partial charge in [0, 0.05) is 11.1 Å². The summed E-state index contributed by atoms with van der Waals surface area (Å²) >= 11 is 0. The molecule has 0 aromatic heterocycles. The highest BCUT2D eigenvalue weighted by molar-refractivity contribution is 6.08. The topological polar surface area (TPSA) is 50.7 Å². The van der Waals surface area contributed by atoms with E-state index in [0.717, 1.165) is 45.7 Å². The van der Waals surface area contributed by atoms with Crippen LogP contribution < -0.4 is 10.2 Å². The van der Waals surface area contributed by atoms with Gasteiger partial charge in [-0.15, -0.1) is 0 Å². The maximum Gasteiger partial charge on any atom is 0.271 e. The number of ether oxygens (including phenoxy) is 1. The Labute approximate surface area is 176 Å². The van der Waals surface area contributed by atoms with Crippen LogP contribution in [-0.4, -0.2) is 18.7 Å². The Hall–Kier alpha value is -3.66. The molecule has 4 aromatic rings. The second-order valence-corrected chi connectivity index (χ2v) is 7.13. The molecule has 0 saturated carbocycles. The fraction of sp³-hybridized carbons (Fsp3) is 0.154. The number of amides is 1. The fourth-order valence-electron chi connectivity index (χ4n) is 3.50. The Morgan fingerprint density at radius 2 is 1.60 bits per heavy atom. The summed E-state index contributed by atoms with van der Waals surface area (Å²) in [6.07, 6.45) is 3.73. The molecule has 4 nitrogen and oxygen atoms in total. The first-order valence-electron chi connectivity index (χ1n) is 10.2. The van der Waals surface area contributed by atoms with Crippen molar-refractivity contribution in [1.29, 1.82) is 0 Å². The summed E-state index contributed by atoms with van der Waals surface area (Å²) in [7, 11) is 0. The van der Waals surface area contributed by atoms with Crippen LogP contribution in [0.15, 0.2) is 84.0 Å². The van der Waals surface area contributed by atoms with E-state index in [9.17, 15) is 4.79 Å². The van der Waals surface area contributed by atoms with Gasteiger partial charge in [0.2, 0.25) is 0 Å². The normalized spacial score (nSPS) is 11.2. The predicted molar refractivity (Wildman–Crippen MR) is 123 cm³/mol. The summed E-state index contributed by atoms with van der Waals surface area (Å²) in [5.74, 6) is 0.530. The van der Waals surface area contributed by atoms with Crippen LogP contribution in [0.25, 0.3) is 21.5 Å². The van der Waals surface area contributed by atoms with Gasteiger partial charge in [-0.25, -0.2) is 5.43 Å². The Kier molecular flexibility index (Phi) is 6.04. The highest BCUT2D eigenvalue weighted by Gasteiger charge is 2.10. The van der Waals surface area contributed by atoms with E-state index in [1.165, 1.54) is 0 Å². The first kappa shape index (κ1) is 19.6. The standard InChI is InChI=1S/C26H24N2O2/c1-2-3-17-30-25-16-15-20-10-5-7-13-22(20)24(25)18-27-28-26(29)23-14-8-11-19-9-4-6-12-21(19)23/h4-16,18H,2-3,17H2,1H3,(H,28,29)/b27-18-. The Balaban J connectivity index is 1.61. The Bertz CT molecular complexity index is 1210. The van der Waals surface area contributed by atoms with Crippen LogP contribution in [0.4, 0.5) is 0 Å². The van der Waals surface area contributed by atoms with Crippen molar-refractivity contribution in [3.63, 3.8) is 0 Å². The molecule has 0 aliphatic rings. The number of rotatable bonds is 7. The van der Waals surface area contributed by atoms with Gasteiger partial charge in [0.25, 0.3) is 5.91 Å². The number of unbranched alkanes of at least 4 members (excludes halogenated alkanes) is 1. The van der Waals surface area contributed by atoms with Crippen LogP contribution in [0.5, 0.6) is 5.75 Å². The van der Waals surface area contributed by atoms with Gasteiger partial charge in [-0.05, 0) is 40.1 Å². The van der Waals surface area contributed by atoms with Gasteiger partial charge in [-0.1, -0.05) is 80.1 Å². The van der Waals surface area contributed by atoms with Crippen molar-refractivity contribution in [3.05, 3.63) is 90.0 Å². The molecular formula is C26H24N2O2. The fourth-order valence-corrected chi connectivity index (χ4v) is 3.50. The molecule has 1 N–H and O–H groups in total. The molecule has 30 heavy (non-hydrogen) atoms. The van der Waals surface area contributed by atoms with Crippen LogP contribution in [0, 0.1) is 0 Å². The molecule has 1 amide bonds. The first-order valence-corrected chi connectivity index (χ1v) is 10.2. The molecule has 0 saturated heterocycles. The molecule has 0 bridgehead atoms. The van der Waals surface area contributed by atoms with Crippen molar-refractivity contribution in [1.82, 2.24) is 5.43 Å². The van der Waals surface area contributed by atoms with Gasteiger partial charge < -0.3 is 4.74 Å². The third-order valence-electron chi connectivity index (χ3n) is 5.08. The number of hydrogen-bond acceptors (Lipinski definition) is 3. The van der Waals surface area contributed by atoms with Gasteiger partial charge in [-0.3, -0.25) is 4.79 Å². The molecule has 4 aromatic carbocycles. The molecule has 4 rings (SSSR count). The molecule has 0 unspecified atom stereocenters. The largest absolute Gasteiger partial charge is 0.493 e. The smallest absolute Gasteiger partial charge is 0.271 e. The number of nitrogens with one attached hydrogen (secondary N) is 1. The van der Waals surface area contributed by atoms with E-state index < -0.39 is 0 Å². The maximum atomic E-state index is 12.8. The average molecular weight is 396 g/mol. The number of hydrazone groups is 1. The van der Waals surface area contributed by atoms with Crippen LogP contribution in [0.1, 0.15) is 35.7 Å². The number of carbonyl (C=O) groups excluding carboxylic acids is 1. The van der Waals surface area contributed by atoms with E-state index in [1.54, 1.807) is 6.21 Å². The van der Waals surface area contributed by atoms with Crippen molar-refractivity contribution in [2.24, 2.45) is 5.10 Å². The molecule has 0 fully saturated rings. The van der Waals surface area contributed by atoms with Crippen molar-refractivity contribution in [3.8, 4) is 5.75 Å². The molecule has 0 radical (unpaired) electrons. The minimum absolute atomic E-state index is 0.239. The van der Waals surface area contributed by atoms with E-state index in [-0.39, 0.29) is 5.91 Å². The molecule has 0 heterocycles. The van der Waals surface area contributed by atoms with Crippen molar-refractivity contribution >= 4 is 33.7 Å². The number of benzene rings is 4. The molecule has 0 aliphatic carbocycles. The zero-order valence-electron chi connectivity index (χ0n) is 17.0. The lowest BCUT2D eigenvalue weighted by Crippen LogP contribution is -2.18. The SMILES string of the molecule is CCCCOc1ccc2ccccc2c1/C=N\NC(=O)c1cccc2ccccc12. The minimum atomic E-state index is -0.239. The quantitative estimate of drug-likeness (QED) is 0.239. The molecule has 0 spiro atoms. The summed E-state index contributed by atoms with van der Waals surface area (Å²) in [5, 5.41) is 8.32. The highest BCUT2D eigenvalue weighted by atomic mass is 16.5. The van der Waals surface area contributed by atoms with Crippen LogP contribution in [0.3, 0.4) is 0 Å². The maximum absolute atomic E-state index is 12.8. The lowest BCUT2D eigenvalue weighted by molar-refractivity contribution is 0.0957. The third-order valence-corrected chi connectivity index (χ3v) is 5.08. The summed E-state index contributed by atoms with van der Waals surface area (Å²) in [6, 6.07) is 25.6. The number of carbonyl (C=O) groups is 1. The zero-order chi connectivity index (χ0) is 20.8. The average Bonchev–Trinajstić information content (AvgIpc) is 2.79. The van der Waals surface area contributed by atoms with Crippen LogP contribution in [-0.2, 0) is 0 Å². The first-order chi connectivity index (χ1) is 14.8. The van der Waals surface area contributed by atoms with Crippen molar-refractivity contribution in [2.45, 2.75) is 19.8 Å². The van der Waals surface area contributed by atoms with E-state index in [4.69, 9.17) is 4.74 Å². The number of nitrogens with zero attached hydrogens (tertiary/aromatic N) is 1. The number of hydrogen-bond donors (Lipinski definition) is 1. The monoisotopic (exact) mass is 396 g/mol. The van der Waals surface area contributed by atoms with Gasteiger partial charge >= 0.3 is 0 Å². The second kappa shape index (κ2) is 9.23. The summed E-state index contributed by atoms with van der Waals surface area (Å²) < 4.78 is 5.98. The third kappa shape index (κ3) is 4.18. The van der Waals surface area contributed by atoms with Crippen LogP contribution >= 0.6 is 0 Å². The molecule has 0 atom stereocenters. The predicted octanol–water partition coefficient (Wildman–Crippen LogP) is 5.94.